The molecule has 0 aliphatic carbocycles. The van der Waals surface area contributed by atoms with Crippen LogP contribution in [0, 0.1) is 6.92 Å². The highest BCUT2D eigenvalue weighted by atomic mass is 15.1. The third kappa shape index (κ3) is 2.31. The van der Waals surface area contributed by atoms with Gasteiger partial charge in [-0.25, -0.2) is 9.97 Å². The lowest BCUT2D eigenvalue weighted by atomic mass is 10.3. The predicted octanol–water partition coefficient (Wildman–Crippen LogP) is 2.69. The van der Waals surface area contributed by atoms with Crippen molar-refractivity contribution in [3.63, 3.8) is 0 Å². The molecule has 0 saturated heterocycles. The molecule has 0 unspecified atom stereocenters. The molecule has 0 bridgehead atoms. The molecule has 3 nitrogen and oxygen atoms in total. The van der Waals surface area contributed by atoms with Crippen molar-refractivity contribution in [3.05, 3.63) is 24.2 Å². The predicted molar refractivity (Wildman–Crippen MR) is 59.2 cm³/mol. The smallest absolute Gasteiger partial charge is 0.159 e. The lowest BCUT2D eigenvalue weighted by Gasteiger charge is -1.92. The Balaban J connectivity index is 0.000000293. The summed E-state index contributed by atoms with van der Waals surface area (Å²) in [6, 6.07) is 2.03. The van der Waals surface area contributed by atoms with Gasteiger partial charge in [-0.3, -0.25) is 0 Å². The summed E-state index contributed by atoms with van der Waals surface area (Å²) in [6.07, 6.45) is 4.88. The fraction of sp³-hybridized carbons (Fsp3) is 0.455. The van der Waals surface area contributed by atoms with E-state index in [1.807, 2.05) is 30.8 Å². The van der Waals surface area contributed by atoms with E-state index in [-0.39, 0.29) is 0 Å². The van der Waals surface area contributed by atoms with Crippen LogP contribution in [0.5, 0.6) is 0 Å². The van der Waals surface area contributed by atoms with Crippen molar-refractivity contribution in [1.82, 2.24) is 14.5 Å². The zero-order chi connectivity index (χ0) is 10.6. The number of fused-ring (bicyclic) bond motifs is 1. The third-order valence-corrected chi connectivity index (χ3v) is 1.69. The van der Waals surface area contributed by atoms with E-state index >= 15 is 0 Å². The minimum Gasteiger partial charge on any atom is -0.318 e. The van der Waals surface area contributed by atoms with E-state index in [4.69, 9.17) is 0 Å². The number of pyridine rings is 1. The molecule has 3 heteroatoms. The first-order valence-corrected chi connectivity index (χ1v) is 4.92. The van der Waals surface area contributed by atoms with Gasteiger partial charge in [0.15, 0.2) is 5.65 Å². The van der Waals surface area contributed by atoms with Gasteiger partial charge in [-0.2, -0.15) is 0 Å². The van der Waals surface area contributed by atoms with Gasteiger partial charge in [0, 0.05) is 13.2 Å². The van der Waals surface area contributed by atoms with E-state index in [2.05, 4.69) is 23.8 Å². The number of aryl methyl sites for hydroxylation is 2. The highest BCUT2D eigenvalue weighted by Gasteiger charge is 1.98. The molecule has 0 aromatic carbocycles. The van der Waals surface area contributed by atoms with Crippen molar-refractivity contribution in [2.45, 2.75) is 27.2 Å². The Morgan fingerprint density at radius 2 is 1.93 bits per heavy atom. The second kappa shape index (κ2) is 4.74. The van der Waals surface area contributed by atoms with Crippen LogP contribution in [-0.4, -0.2) is 14.5 Å². The van der Waals surface area contributed by atoms with Crippen LogP contribution in [0.4, 0.5) is 0 Å². The van der Waals surface area contributed by atoms with Crippen molar-refractivity contribution in [3.8, 4) is 0 Å². The molecule has 0 amide bonds. The maximum Gasteiger partial charge on any atom is 0.159 e. The summed E-state index contributed by atoms with van der Waals surface area (Å²) in [5, 5.41) is 0. The zero-order valence-corrected chi connectivity index (χ0v) is 9.28. The second-order valence-corrected chi connectivity index (χ2v) is 3.42. The SMILES string of the molecule is CCC.Cc1cnc2c(c1)ncn2C. The molecule has 0 spiro atoms. The largest absolute Gasteiger partial charge is 0.318 e. The molecule has 0 N–H and O–H groups in total. The van der Waals surface area contributed by atoms with Gasteiger partial charge in [-0.1, -0.05) is 20.3 Å². The Morgan fingerprint density at radius 1 is 1.29 bits per heavy atom. The second-order valence-electron chi connectivity index (χ2n) is 3.42. The lowest BCUT2D eigenvalue weighted by molar-refractivity contribution is 0.930. The van der Waals surface area contributed by atoms with Crippen LogP contribution in [0.25, 0.3) is 11.2 Å². The monoisotopic (exact) mass is 191 g/mol. The molecule has 76 valence electrons. The van der Waals surface area contributed by atoms with E-state index in [1.165, 1.54) is 6.42 Å². The van der Waals surface area contributed by atoms with Gasteiger partial charge in [0.1, 0.15) is 5.52 Å². The maximum absolute atomic E-state index is 4.24. The number of hydrogen-bond donors (Lipinski definition) is 0. The molecule has 0 saturated carbocycles. The van der Waals surface area contributed by atoms with E-state index in [9.17, 15) is 0 Å². The fourth-order valence-corrected chi connectivity index (χ4v) is 1.12. The quantitative estimate of drug-likeness (QED) is 0.641. The van der Waals surface area contributed by atoms with Crippen molar-refractivity contribution in [2.75, 3.05) is 0 Å². The van der Waals surface area contributed by atoms with Gasteiger partial charge in [-0.05, 0) is 18.6 Å². The van der Waals surface area contributed by atoms with Crippen LogP contribution in [0.15, 0.2) is 18.6 Å². The average Bonchev–Trinajstić information content (AvgIpc) is 2.49. The van der Waals surface area contributed by atoms with Gasteiger partial charge < -0.3 is 4.57 Å². The van der Waals surface area contributed by atoms with Crippen molar-refractivity contribution in [2.24, 2.45) is 7.05 Å². The van der Waals surface area contributed by atoms with Crippen LogP contribution in [0.1, 0.15) is 25.8 Å². The molecule has 2 aromatic heterocycles. The summed E-state index contributed by atoms with van der Waals surface area (Å²) in [5.41, 5.74) is 3.05. The number of rotatable bonds is 0. The van der Waals surface area contributed by atoms with Crippen LogP contribution in [-0.2, 0) is 7.05 Å². The van der Waals surface area contributed by atoms with Gasteiger partial charge in [0.2, 0.25) is 0 Å². The molecule has 14 heavy (non-hydrogen) atoms. The Morgan fingerprint density at radius 3 is 2.57 bits per heavy atom. The molecule has 0 fully saturated rings. The van der Waals surface area contributed by atoms with Crippen molar-refractivity contribution in [1.29, 1.82) is 0 Å². The van der Waals surface area contributed by atoms with Crippen molar-refractivity contribution >= 4 is 11.2 Å². The van der Waals surface area contributed by atoms with Gasteiger partial charge in [-0.15, -0.1) is 0 Å². The summed E-state index contributed by atoms with van der Waals surface area (Å²) >= 11 is 0. The standard InChI is InChI=1S/C8H9N3.C3H8/c1-6-3-7-8(9-4-6)11(2)5-10-7;1-3-2/h3-5H,1-2H3;3H2,1-2H3. The molecule has 2 rings (SSSR count). The highest BCUT2D eigenvalue weighted by molar-refractivity contribution is 5.70. The first-order valence-electron chi connectivity index (χ1n) is 4.92. The lowest BCUT2D eigenvalue weighted by Crippen LogP contribution is -1.87. The first-order chi connectivity index (χ1) is 6.69. The van der Waals surface area contributed by atoms with E-state index in [1.54, 1.807) is 6.33 Å². The maximum atomic E-state index is 4.24. The molecule has 0 radical (unpaired) electrons. The van der Waals surface area contributed by atoms with E-state index in [0.717, 1.165) is 16.7 Å². The Hall–Kier alpha value is -1.38. The number of aromatic nitrogens is 3. The number of nitrogens with zero attached hydrogens (tertiary/aromatic N) is 3. The molecule has 2 aromatic rings. The van der Waals surface area contributed by atoms with E-state index in [0.29, 0.717) is 0 Å². The van der Waals surface area contributed by atoms with E-state index < -0.39 is 0 Å². The first kappa shape index (κ1) is 10.7. The molecular formula is C11H17N3. The highest BCUT2D eigenvalue weighted by Crippen LogP contribution is 2.08. The van der Waals surface area contributed by atoms with Crippen molar-refractivity contribution < 1.29 is 0 Å². The zero-order valence-electron chi connectivity index (χ0n) is 9.28. The fourth-order valence-electron chi connectivity index (χ4n) is 1.12. The normalized spacial score (nSPS) is 9.71. The summed E-state index contributed by atoms with van der Waals surface area (Å²) in [4.78, 5) is 8.42. The average molecular weight is 191 g/mol. The van der Waals surface area contributed by atoms with Gasteiger partial charge in [0.25, 0.3) is 0 Å². The third-order valence-electron chi connectivity index (χ3n) is 1.69. The Kier molecular flexibility index (Phi) is 3.63. The minimum absolute atomic E-state index is 0.940. The molecule has 2 heterocycles. The topological polar surface area (TPSA) is 30.7 Å². The Bertz CT molecular complexity index is 404. The number of imidazole rings is 1. The molecule has 0 atom stereocenters. The molecule has 0 aliphatic heterocycles. The molecular weight excluding hydrogens is 174 g/mol. The minimum atomic E-state index is 0.940. The summed E-state index contributed by atoms with van der Waals surface area (Å²) in [5.74, 6) is 0. The number of hydrogen-bond acceptors (Lipinski definition) is 2. The van der Waals surface area contributed by atoms with Gasteiger partial charge in [0.05, 0.1) is 6.33 Å². The van der Waals surface area contributed by atoms with Crippen LogP contribution >= 0.6 is 0 Å². The molecule has 0 aliphatic rings. The van der Waals surface area contributed by atoms with Crippen LogP contribution in [0.2, 0.25) is 0 Å². The van der Waals surface area contributed by atoms with Gasteiger partial charge >= 0.3 is 0 Å². The summed E-state index contributed by atoms with van der Waals surface area (Å²) in [7, 11) is 1.94. The summed E-state index contributed by atoms with van der Waals surface area (Å²) in [6.45, 7) is 6.26. The van der Waals surface area contributed by atoms with Crippen LogP contribution in [0.3, 0.4) is 0 Å². The summed E-state index contributed by atoms with van der Waals surface area (Å²) < 4.78 is 1.91. The Labute approximate surface area is 84.8 Å². The van der Waals surface area contributed by atoms with Crippen LogP contribution < -0.4 is 0 Å².